The molecule has 2 aromatic rings. The van der Waals surface area contributed by atoms with E-state index in [4.69, 9.17) is 24.4 Å². The molecule has 152 valence electrons. The molecule has 12 heteroatoms. The summed E-state index contributed by atoms with van der Waals surface area (Å²) in [5.74, 6) is 0.276. The summed E-state index contributed by atoms with van der Waals surface area (Å²) in [5.41, 5.74) is 0.418. The maximum absolute atomic E-state index is 11.4. The number of hydrogen-bond acceptors (Lipinski definition) is 8. The molecule has 1 heterocycles. The Morgan fingerprint density at radius 2 is 1.52 bits per heavy atom. The molecule has 0 radical (unpaired) electrons. The van der Waals surface area contributed by atoms with E-state index < -0.39 is 12.2 Å². The Balaban J connectivity index is 2.23. The number of amides is 2. The molecule has 1 aromatic carbocycles. The highest BCUT2D eigenvalue weighted by atomic mass is 32.2. The number of thiocarbonyl (C=S) groups is 2. The molecule has 0 bridgehead atoms. The van der Waals surface area contributed by atoms with E-state index >= 15 is 0 Å². The second-order valence-corrected chi connectivity index (χ2v) is 7.09. The molecule has 9 nitrogen and oxygen atoms in total. The van der Waals surface area contributed by atoms with Crippen LogP contribution in [0.1, 0.15) is 0 Å². The lowest BCUT2D eigenvalue weighted by molar-refractivity contribution is 0.176. The quantitative estimate of drug-likeness (QED) is 0.516. The van der Waals surface area contributed by atoms with E-state index in [0.29, 0.717) is 5.69 Å². The summed E-state index contributed by atoms with van der Waals surface area (Å²) in [5, 5.41) is 10.3. The molecule has 2 rings (SSSR count). The molecule has 0 aliphatic rings. The molecular weight excluding hydrogens is 434 g/mol. The van der Waals surface area contributed by atoms with Crippen molar-refractivity contribution in [3.05, 3.63) is 42.6 Å². The number of alkyl carbamates (subject to hydrolysis) is 2. The fraction of sp³-hybridized carbons (Fsp3) is 0.118. The van der Waals surface area contributed by atoms with Crippen molar-refractivity contribution >= 4 is 70.1 Å². The summed E-state index contributed by atoms with van der Waals surface area (Å²) in [7, 11) is 2.44. The molecule has 0 fully saturated rings. The smallest absolute Gasteiger partial charge is 0.413 e. The van der Waals surface area contributed by atoms with Gasteiger partial charge in [0.15, 0.2) is 16.0 Å². The van der Waals surface area contributed by atoms with E-state index in [0.717, 1.165) is 9.79 Å². The van der Waals surface area contributed by atoms with Gasteiger partial charge in [-0.05, 0) is 42.6 Å². The molecule has 0 saturated carbocycles. The number of pyridine rings is 1. The summed E-state index contributed by atoms with van der Waals surface area (Å²) < 4.78 is 9.01. The average molecular weight is 452 g/mol. The molecule has 0 aliphatic heterocycles. The van der Waals surface area contributed by atoms with Gasteiger partial charge in [0.25, 0.3) is 0 Å². The Morgan fingerprint density at radius 3 is 2.10 bits per heavy atom. The predicted molar refractivity (Wildman–Crippen MR) is 118 cm³/mol. The number of benzene rings is 1. The number of nitrogens with one attached hydrogen (secondary N) is 4. The van der Waals surface area contributed by atoms with Gasteiger partial charge in [-0.2, -0.15) is 0 Å². The summed E-state index contributed by atoms with van der Waals surface area (Å²) >= 11 is 11.6. The molecular formula is C17H17N5O4S3. The number of ether oxygens (including phenoxy) is 2. The fourth-order valence-corrected chi connectivity index (χ4v) is 3.12. The second kappa shape index (κ2) is 11.1. The van der Waals surface area contributed by atoms with Crippen molar-refractivity contribution in [2.45, 2.75) is 9.79 Å². The van der Waals surface area contributed by atoms with Crippen LogP contribution in [-0.4, -0.2) is 41.6 Å². The Bertz CT molecular complexity index is 911. The largest absolute Gasteiger partial charge is 0.453 e. The number of anilines is 2. The van der Waals surface area contributed by atoms with Crippen LogP contribution >= 0.6 is 36.2 Å². The van der Waals surface area contributed by atoms with Crippen LogP contribution in [0.25, 0.3) is 0 Å². The molecule has 4 N–H and O–H groups in total. The van der Waals surface area contributed by atoms with E-state index in [1.807, 2.05) is 30.3 Å². The lowest BCUT2D eigenvalue weighted by atomic mass is 10.4. The maximum atomic E-state index is 11.4. The Kier molecular flexibility index (Phi) is 8.58. The highest BCUT2D eigenvalue weighted by Gasteiger charge is 2.13. The van der Waals surface area contributed by atoms with Gasteiger partial charge in [-0.3, -0.25) is 10.6 Å². The zero-order valence-corrected chi connectivity index (χ0v) is 17.8. The first-order valence-electron chi connectivity index (χ1n) is 7.96. The number of carbonyl (C=O) groups is 2. The van der Waals surface area contributed by atoms with Crippen LogP contribution in [-0.2, 0) is 9.47 Å². The molecule has 29 heavy (non-hydrogen) atoms. The zero-order valence-electron chi connectivity index (χ0n) is 15.3. The van der Waals surface area contributed by atoms with Gasteiger partial charge < -0.3 is 20.1 Å². The van der Waals surface area contributed by atoms with E-state index in [9.17, 15) is 9.59 Å². The Morgan fingerprint density at radius 1 is 0.931 bits per heavy atom. The predicted octanol–water partition coefficient (Wildman–Crippen LogP) is 3.34. The third kappa shape index (κ3) is 7.52. The third-order valence-electron chi connectivity index (χ3n) is 3.12. The van der Waals surface area contributed by atoms with Gasteiger partial charge in [0.1, 0.15) is 0 Å². The van der Waals surface area contributed by atoms with Crippen molar-refractivity contribution in [1.29, 1.82) is 0 Å². The molecule has 2 amide bonds. The van der Waals surface area contributed by atoms with Gasteiger partial charge in [-0.25, -0.2) is 14.6 Å². The Labute approximate surface area is 181 Å². The van der Waals surface area contributed by atoms with E-state index in [1.165, 1.54) is 26.0 Å². The van der Waals surface area contributed by atoms with E-state index in [-0.39, 0.29) is 16.0 Å². The van der Waals surface area contributed by atoms with Crippen LogP contribution in [0.15, 0.2) is 52.4 Å². The molecule has 1 aromatic heterocycles. The number of rotatable bonds is 4. The molecule has 0 atom stereocenters. The van der Waals surface area contributed by atoms with Crippen molar-refractivity contribution in [2.24, 2.45) is 0 Å². The maximum Gasteiger partial charge on any atom is 0.413 e. The fourth-order valence-electron chi connectivity index (χ4n) is 1.90. The van der Waals surface area contributed by atoms with Gasteiger partial charge in [-0.1, -0.05) is 30.0 Å². The summed E-state index contributed by atoms with van der Waals surface area (Å²) in [6.45, 7) is 0. The van der Waals surface area contributed by atoms with Crippen LogP contribution in [0.5, 0.6) is 0 Å². The lowest BCUT2D eigenvalue weighted by Gasteiger charge is -2.15. The molecule has 0 saturated heterocycles. The third-order valence-corrected chi connectivity index (χ3v) is 4.50. The van der Waals surface area contributed by atoms with Gasteiger partial charge in [0, 0.05) is 16.0 Å². The standard InChI is InChI=1S/C17H17N5O4S3/c1-25-16(23)21-14(27)19-12-8-11(29-10-6-4-3-5-7-10)9-18-13(12)20-15(28)22-17(24)26-2/h3-9H,1-2H3,(H2,19,21,23,27)(H2,18,20,22,24,28). The first kappa shape index (κ1) is 22.3. The summed E-state index contributed by atoms with van der Waals surface area (Å²) in [6, 6.07) is 11.5. The Hall–Kier alpha value is -2.96. The molecule has 0 spiro atoms. The minimum atomic E-state index is -0.726. The minimum absolute atomic E-state index is 0.00425. The number of nitrogens with zero attached hydrogens (tertiary/aromatic N) is 1. The topological polar surface area (TPSA) is 114 Å². The monoisotopic (exact) mass is 451 g/mol. The molecule has 0 unspecified atom stereocenters. The van der Waals surface area contributed by atoms with E-state index in [2.05, 4.69) is 35.7 Å². The minimum Gasteiger partial charge on any atom is -0.453 e. The number of hydrogen-bond donors (Lipinski definition) is 4. The lowest BCUT2D eigenvalue weighted by Crippen LogP contribution is -2.36. The average Bonchev–Trinajstić information content (AvgIpc) is 2.70. The normalized spacial score (nSPS) is 9.72. The summed E-state index contributed by atoms with van der Waals surface area (Å²) in [6.07, 6.45) is 0.182. The van der Waals surface area contributed by atoms with Crippen LogP contribution in [0, 0.1) is 0 Å². The van der Waals surface area contributed by atoms with E-state index in [1.54, 1.807) is 12.3 Å². The van der Waals surface area contributed by atoms with Crippen LogP contribution in [0.3, 0.4) is 0 Å². The highest BCUT2D eigenvalue weighted by Crippen LogP contribution is 2.31. The zero-order chi connectivity index (χ0) is 21.2. The van der Waals surface area contributed by atoms with Gasteiger partial charge in [0.05, 0.1) is 19.9 Å². The van der Waals surface area contributed by atoms with Crippen LogP contribution < -0.4 is 21.3 Å². The molecule has 0 aliphatic carbocycles. The van der Waals surface area contributed by atoms with Gasteiger partial charge in [0.2, 0.25) is 0 Å². The SMILES string of the molecule is COC(=O)NC(=S)Nc1cc(Sc2ccccc2)cnc1NC(=S)NC(=O)OC. The van der Waals surface area contributed by atoms with Crippen molar-refractivity contribution < 1.29 is 19.1 Å². The first-order valence-corrected chi connectivity index (χ1v) is 9.59. The second-order valence-electron chi connectivity index (χ2n) is 5.12. The van der Waals surface area contributed by atoms with Crippen molar-refractivity contribution in [2.75, 3.05) is 24.9 Å². The van der Waals surface area contributed by atoms with Crippen molar-refractivity contribution in [3.63, 3.8) is 0 Å². The first-order chi connectivity index (χ1) is 13.9. The number of aromatic nitrogens is 1. The van der Waals surface area contributed by atoms with Crippen molar-refractivity contribution in [3.8, 4) is 0 Å². The van der Waals surface area contributed by atoms with Crippen LogP contribution in [0.4, 0.5) is 21.1 Å². The van der Waals surface area contributed by atoms with Crippen LogP contribution in [0.2, 0.25) is 0 Å². The highest BCUT2D eigenvalue weighted by molar-refractivity contribution is 7.99. The van der Waals surface area contributed by atoms with Gasteiger partial charge >= 0.3 is 12.2 Å². The van der Waals surface area contributed by atoms with Gasteiger partial charge in [-0.15, -0.1) is 0 Å². The van der Waals surface area contributed by atoms with Crippen molar-refractivity contribution in [1.82, 2.24) is 15.6 Å². The summed E-state index contributed by atoms with van der Waals surface area (Å²) in [4.78, 5) is 28.8. The number of methoxy groups -OCH3 is 2. The number of carbonyl (C=O) groups excluding carboxylic acids is 2.